The van der Waals surface area contributed by atoms with E-state index in [4.69, 9.17) is 10.0 Å². The Morgan fingerprint density at radius 3 is 2.20 bits per heavy atom. The number of hydrogen-bond donors (Lipinski definition) is 3. The topological polar surface area (TPSA) is 69.1 Å². The van der Waals surface area contributed by atoms with Crippen LogP contribution in [0.1, 0.15) is 11.3 Å². The second-order valence-corrected chi connectivity index (χ2v) is 2.22. The first-order valence-electron chi connectivity index (χ1n) is 3.00. The predicted octanol–water partition coefficient (Wildman–Crippen LogP) is -1.29. The molecule has 0 spiro atoms. The predicted molar refractivity (Wildman–Crippen MR) is 37.9 cm³/mol. The largest absolute Gasteiger partial charge is 0.507 e. The summed E-state index contributed by atoms with van der Waals surface area (Å²) in [6.45, 7) is 3.59. The standard InChI is InChI=1S/C5H9BN2O2/c1-3-4(2)7-8-5(3)6(9)10/h9-10H,1-2H3,(H,7,8). The second kappa shape index (κ2) is 2.44. The molecule has 0 unspecified atom stereocenters. The third-order valence-electron chi connectivity index (χ3n) is 1.55. The van der Waals surface area contributed by atoms with Crippen LogP contribution in [0.3, 0.4) is 0 Å². The van der Waals surface area contributed by atoms with Crippen molar-refractivity contribution in [2.24, 2.45) is 0 Å². The van der Waals surface area contributed by atoms with Crippen molar-refractivity contribution in [2.75, 3.05) is 0 Å². The Kier molecular flexibility index (Phi) is 1.78. The fraction of sp³-hybridized carbons (Fsp3) is 0.400. The number of aryl methyl sites for hydroxylation is 1. The van der Waals surface area contributed by atoms with Crippen molar-refractivity contribution in [3.63, 3.8) is 0 Å². The van der Waals surface area contributed by atoms with Gasteiger partial charge in [0, 0.05) is 0 Å². The van der Waals surface area contributed by atoms with Gasteiger partial charge in [-0.25, -0.2) is 0 Å². The highest BCUT2D eigenvalue weighted by molar-refractivity contribution is 6.58. The maximum atomic E-state index is 8.70. The highest BCUT2D eigenvalue weighted by atomic mass is 16.4. The van der Waals surface area contributed by atoms with E-state index in [0.717, 1.165) is 11.3 Å². The summed E-state index contributed by atoms with van der Waals surface area (Å²) in [7, 11) is -1.44. The van der Waals surface area contributed by atoms with Crippen LogP contribution in [0.5, 0.6) is 0 Å². The van der Waals surface area contributed by atoms with Crippen molar-refractivity contribution < 1.29 is 10.0 Å². The van der Waals surface area contributed by atoms with Crippen LogP contribution in [0.2, 0.25) is 0 Å². The molecule has 0 radical (unpaired) electrons. The molecule has 1 rings (SSSR count). The fourth-order valence-electron chi connectivity index (χ4n) is 0.758. The van der Waals surface area contributed by atoms with Gasteiger partial charge in [0.25, 0.3) is 0 Å². The summed E-state index contributed by atoms with van der Waals surface area (Å²) < 4.78 is 0. The van der Waals surface area contributed by atoms with Gasteiger partial charge < -0.3 is 10.0 Å². The summed E-state index contributed by atoms with van der Waals surface area (Å²) in [5.41, 5.74) is 1.97. The minimum atomic E-state index is -1.44. The maximum absolute atomic E-state index is 8.70. The fourth-order valence-corrected chi connectivity index (χ4v) is 0.758. The molecule has 1 aromatic heterocycles. The van der Waals surface area contributed by atoms with E-state index in [1.54, 1.807) is 13.8 Å². The summed E-state index contributed by atoms with van der Waals surface area (Å²) >= 11 is 0. The van der Waals surface area contributed by atoms with Gasteiger partial charge >= 0.3 is 7.12 Å². The summed E-state index contributed by atoms with van der Waals surface area (Å²) in [5, 5.41) is 23.7. The Bertz CT molecular complexity index is 234. The van der Waals surface area contributed by atoms with Gasteiger partial charge in [-0.3, -0.25) is 5.10 Å². The van der Waals surface area contributed by atoms with Gasteiger partial charge in [-0.2, -0.15) is 5.10 Å². The summed E-state index contributed by atoms with van der Waals surface area (Å²) in [6, 6.07) is 0. The van der Waals surface area contributed by atoms with E-state index in [2.05, 4.69) is 10.2 Å². The van der Waals surface area contributed by atoms with Crippen molar-refractivity contribution in [2.45, 2.75) is 13.8 Å². The highest BCUT2D eigenvalue weighted by Crippen LogP contribution is 1.96. The number of aromatic amines is 1. The van der Waals surface area contributed by atoms with Gasteiger partial charge in [-0.05, 0) is 19.4 Å². The minimum absolute atomic E-state index is 0.373. The Balaban J connectivity index is 3.05. The lowest BCUT2D eigenvalue weighted by Crippen LogP contribution is -2.33. The molecular weight excluding hydrogens is 131 g/mol. The zero-order valence-electron chi connectivity index (χ0n) is 5.92. The van der Waals surface area contributed by atoms with Gasteiger partial charge in [0.15, 0.2) is 0 Å². The molecule has 0 amide bonds. The van der Waals surface area contributed by atoms with E-state index >= 15 is 0 Å². The SMILES string of the molecule is Cc1n[nH]c(B(O)O)c1C. The molecule has 0 aliphatic heterocycles. The van der Waals surface area contributed by atoms with Gasteiger partial charge in [0.2, 0.25) is 0 Å². The van der Waals surface area contributed by atoms with E-state index < -0.39 is 7.12 Å². The monoisotopic (exact) mass is 140 g/mol. The van der Waals surface area contributed by atoms with Gasteiger partial charge in [-0.1, -0.05) is 0 Å². The van der Waals surface area contributed by atoms with Crippen LogP contribution >= 0.6 is 0 Å². The summed E-state index contributed by atoms with van der Waals surface area (Å²) in [4.78, 5) is 0. The average Bonchev–Trinajstić information content (AvgIpc) is 2.14. The Labute approximate surface area is 59.0 Å². The lowest BCUT2D eigenvalue weighted by molar-refractivity contribution is 0.424. The van der Waals surface area contributed by atoms with Crippen molar-refractivity contribution in [1.29, 1.82) is 0 Å². The molecule has 0 aliphatic rings. The molecule has 10 heavy (non-hydrogen) atoms. The second-order valence-electron chi connectivity index (χ2n) is 2.22. The molecule has 1 aromatic rings. The van der Waals surface area contributed by atoms with E-state index in [0.29, 0.717) is 5.59 Å². The molecule has 0 aromatic carbocycles. The maximum Gasteiger partial charge on any atom is 0.507 e. The van der Waals surface area contributed by atoms with Crippen molar-refractivity contribution >= 4 is 12.7 Å². The first kappa shape index (κ1) is 7.30. The van der Waals surface area contributed by atoms with Crippen molar-refractivity contribution in [3.8, 4) is 0 Å². The molecule has 3 N–H and O–H groups in total. The number of H-pyrrole nitrogens is 1. The lowest BCUT2D eigenvalue weighted by Gasteiger charge is -1.93. The smallest absolute Gasteiger partial charge is 0.422 e. The molecule has 0 bridgehead atoms. The zero-order valence-corrected chi connectivity index (χ0v) is 5.92. The van der Waals surface area contributed by atoms with E-state index in [1.165, 1.54) is 0 Å². The van der Waals surface area contributed by atoms with Crippen LogP contribution < -0.4 is 5.59 Å². The number of hydrogen-bond acceptors (Lipinski definition) is 3. The summed E-state index contributed by atoms with van der Waals surface area (Å²) in [6.07, 6.45) is 0. The van der Waals surface area contributed by atoms with Crippen LogP contribution in [0.25, 0.3) is 0 Å². The number of nitrogens with one attached hydrogen (secondary N) is 1. The van der Waals surface area contributed by atoms with Gasteiger partial charge in [0.05, 0.1) is 11.3 Å². The molecular formula is C5H9BN2O2. The molecule has 1 heterocycles. The van der Waals surface area contributed by atoms with Crippen molar-refractivity contribution in [1.82, 2.24) is 10.2 Å². The minimum Gasteiger partial charge on any atom is -0.422 e. The molecule has 54 valence electrons. The Hall–Kier alpha value is -0.805. The third-order valence-corrected chi connectivity index (χ3v) is 1.55. The Morgan fingerprint density at radius 2 is 2.00 bits per heavy atom. The molecule has 5 heteroatoms. The molecule has 0 atom stereocenters. The van der Waals surface area contributed by atoms with Crippen LogP contribution in [0.15, 0.2) is 0 Å². The lowest BCUT2D eigenvalue weighted by atomic mass is 9.83. The van der Waals surface area contributed by atoms with E-state index in [9.17, 15) is 0 Å². The average molecular weight is 140 g/mol. The number of rotatable bonds is 1. The Morgan fingerprint density at radius 1 is 1.40 bits per heavy atom. The highest BCUT2D eigenvalue weighted by Gasteiger charge is 2.17. The van der Waals surface area contributed by atoms with Gasteiger partial charge in [-0.15, -0.1) is 0 Å². The van der Waals surface area contributed by atoms with Crippen LogP contribution in [0.4, 0.5) is 0 Å². The first-order valence-corrected chi connectivity index (χ1v) is 3.00. The van der Waals surface area contributed by atoms with Crippen LogP contribution in [0, 0.1) is 13.8 Å². The normalized spacial score (nSPS) is 10.0. The van der Waals surface area contributed by atoms with Crippen LogP contribution in [-0.4, -0.2) is 27.4 Å². The quantitative estimate of drug-likeness (QED) is 0.425. The number of aromatic nitrogens is 2. The first-order chi connectivity index (χ1) is 4.63. The summed E-state index contributed by atoms with van der Waals surface area (Å²) in [5.74, 6) is 0. The molecule has 0 saturated heterocycles. The zero-order chi connectivity index (χ0) is 7.72. The molecule has 0 fully saturated rings. The van der Waals surface area contributed by atoms with E-state index in [-0.39, 0.29) is 0 Å². The molecule has 0 aliphatic carbocycles. The van der Waals surface area contributed by atoms with Crippen molar-refractivity contribution in [3.05, 3.63) is 11.3 Å². The number of nitrogens with zero attached hydrogens (tertiary/aromatic N) is 1. The van der Waals surface area contributed by atoms with E-state index in [1.807, 2.05) is 0 Å². The third kappa shape index (κ3) is 1.05. The van der Waals surface area contributed by atoms with Gasteiger partial charge in [0.1, 0.15) is 0 Å². The molecule has 4 nitrogen and oxygen atoms in total. The van der Waals surface area contributed by atoms with Crippen LogP contribution in [-0.2, 0) is 0 Å². The molecule has 0 saturated carbocycles.